The first-order chi connectivity index (χ1) is 8.45. The summed E-state index contributed by atoms with van der Waals surface area (Å²) in [5.41, 5.74) is -0.265. The van der Waals surface area contributed by atoms with Crippen molar-refractivity contribution < 1.29 is 23.5 Å². The fraction of sp³-hybridized carbons (Fsp3) is 0.364. The molecule has 1 aromatic heterocycles. The number of carbonyl (C=O) groups excluding carboxylic acids is 1. The number of alkyl halides is 2. The van der Waals surface area contributed by atoms with Crippen LogP contribution in [-0.4, -0.2) is 46.4 Å². The van der Waals surface area contributed by atoms with Crippen LogP contribution in [0.25, 0.3) is 0 Å². The highest BCUT2D eigenvalue weighted by atomic mass is 19.3. The van der Waals surface area contributed by atoms with Gasteiger partial charge in [0.1, 0.15) is 5.69 Å². The number of hydrogen-bond donors (Lipinski definition) is 1. The first kappa shape index (κ1) is 14.0. The first-order valence-corrected chi connectivity index (χ1v) is 5.22. The largest absolute Gasteiger partial charge is 0.477 e. The number of nitrogens with zero attached hydrogens (tertiary/aromatic N) is 2. The lowest BCUT2D eigenvalue weighted by molar-refractivity contribution is 0.0569. The number of carboxylic acid groups (broad SMARTS) is 1. The number of aromatic carboxylic acids is 1. The number of pyridine rings is 1. The van der Waals surface area contributed by atoms with Crippen LogP contribution in [0.4, 0.5) is 8.78 Å². The molecule has 0 aliphatic carbocycles. The molecule has 98 valence electrons. The number of aromatic nitrogens is 1. The lowest BCUT2D eigenvalue weighted by Crippen LogP contribution is -2.35. The Balaban J connectivity index is 2.94. The topological polar surface area (TPSA) is 70.5 Å². The van der Waals surface area contributed by atoms with E-state index >= 15 is 0 Å². The molecule has 1 N–H and O–H groups in total. The molecule has 1 amide bonds. The molecule has 18 heavy (non-hydrogen) atoms. The number of halogens is 2. The van der Waals surface area contributed by atoms with Crippen LogP contribution < -0.4 is 0 Å². The van der Waals surface area contributed by atoms with Gasteiger partial charge in [-0.3, -0.25) is 4.79 Å². The highest BCUT2D eigenvalue weighted by Crippen LogP contribution is 2.08. The average molecular weight is 258 g/mol. The van der Waals surface area contributed by atoms with Crippen molar-refractivity contribution in [3.8, 4) is 0 Å². The van der Waals surface area contributed by atoms with Crippen molar-refractivity contribution in [2.45, 2.75) is 13.3 Å². The van der Waals surface area contributed by atoms with Gasteiger partial charge in [-0.05, 0) is 19.1 Å². The highest BCUT2D eigenvalue weighted by molar-refractivity contribution is 5.96. The molecule has 0 atom stereocenters. The monoisotopic (exact) mass is 258 g/mol. The third kappa shape index (κ3) is 3.47. The van der Waals surface area contributed by atoms with Crippen molar-refractivity contribution in [3.05, 3.63) is 29.6 Å². The van der Waals surface area contributed by atoms with Crippen molar-refractivity contribution in [2.24, 2.45) is 0 Å². The third-order valence-corrected chi connectivity index (χ3v) is 2.25. The zero-order valence-corrected chi connectivity index (χ0v) is 9.64. The predicted molar refractivity (Wildman–Crippen MR) is 58.8 cm³/mol. The molecule has 5 nitrogen and oxygen atoms in total. The maximum Gasteiger partial charge on any atom is 0.354 e. The number of hydrogen-bond acceptors (Lipinski definition) is 3. The molecule has 1 heterocycles. The molecular formula is C11H12F2N2O3. The molecule has 0 fully saturated rings. The Kier molecular flexibility index (Phi) is 4.70. The van der Waals surface area contributed by atoms with Gasteiger partial charge in [0.2, 0.25) is 0 Å². The van der Waals surface area contributed by atoms with Crippen LogP contribution >= 0.6 is 0 Å². The van der Waals surface area contributed by atoms with Gasteiger partial charge in [0.15, 0.2) is 0 Å². The Labute approximate surface area is 102 Å². The summed E-state index contributed by atoms with van der Waals surface area (Å²) in [4.78, 5) is 27.0. The summed E-state index contributed by atoms with van der Waals surface area (Å²) < 4.78 is 24.5. The predicted octanol–water partition coefficient (Wildman–Crippen LogP) is 1.51. The van der Waals surface area contributed by atoms with Crippen molar-refractivity contribution in [2.75, 3.05) is 13.1 Å². The average Bonchev–Trinajstić information content (AvgIpc) is 2.35. The lowest BCUT2D eigenvalue weighted by atomic mass is 10.2. The van der Waals surface area contributed by atoms with Crippen LogP contribution in [0.1, 0.15) is 27.8 Å². The summed E-state index contributed by atoms with van der Waals surface area (Å²) >= 11 is 0. The number of carboxylic acids is 1. The molecule has 0 aliphatic heterocycles. The van der Waals surface area contributed by atoms with Crippen LogP contribution in [0.2, 0.25) is 0 Å². The zero-order chi connectivity index (χ0) is 13.7. The van der Waals surface area contributed by atoms with Gasteiger partial charge < -0.3 is 10.0 Å². The molecule has 0 unspecified atom stereocenters. The third-order valence-electron chi connectivity index (χ3n) is 2.25. The summed E-state index contributed by atoms with van der Waals surface area (Å²) in [6.45, 7) is 1.01. The first-order valence-electron chi connectivity index (χ1n) is 5.22. The molecule has 7 heteroatoms. The van der Waals surface area contributed by atoms with E-state index in [1.165, 1.54) is 6.07 Å². The summed E-state index contributed by atoms with van der Waals surface area (Å²) in [5, 5.41) is 8.72. The molecule has 1 aromatic rings. The van der Waals surface area contributed by atoms with E-state index in [-0.39, 0.29) is 17.8 Å². The van der Waals surface area contributed by atoms with E-state index in [0.717, 1.165) is 17.2 Å². The SMILES string of the molecule is CCN(CC(F)F)C(=O)c1ccnc(C(=O)O)c1. The van der Waals surface area contributed by atoms with Gasteiger partial charge >= 0.3 is 5.97 Å². The smallest absolute Gasteiger partial charge is 0.354 e. The molecule has 1 rings (SSSR count). The fourth-order valence-corrected chi connectivity index (χ4v) is 1.39. The Morgan fingerprint density at radius 2 is 2.17 bits per heavy atom. The molecule has 0 saturated carbocycles. The van der Waals surface area contributed by atoms with Crippen LogP contribution in [0.5, 0.6) is 0 Å². The number of rotatable bonds is 5. The van der Waals surface area contributed by atoms with Crippen LogP contribution in [0.15, 0.2) is 18.3 Å². The van der Waals surface area contributed by atoms with Crippen LogP contribution in [-0.2, 0) is 0 Å². The molecule has 0 saturated heterocycles. The second kappa shape index (κ2) is 6.04. The second-order valence-electron chi connectivity index (χ2n) is 3.47. The van der Waals surface area contributed by atoms with Gasteiger partial charge in [-0.15, -0.1) is 0 Å². The minimum atomic E-state index is -2.63. The Morgan fingerprint density at radius 1 is 1.50 bits per heavy atom. The summed E-state index contributed by atoms with van der Waals surface area (Å²) in [7, 11) is 0. The summed E-state index contributed by atoms with van der Waals surface area (Å²) in [6.07, 6.45) is -1.47. The fourth-order valence-electron chi connectivity index (χ4n) is 1.39. The standard InChI is InChI=1S/C11H12F2N2O3/c1-2-15(6-9(12)13)10(16)7-3-4-14-8(5-7)11(17)18/h3-5,9H,2,6H2,1H3,(H,17,18). The Bertz CT molecular complexity index is 452. The normalized spacial score (nSPS) is 10.4. The minimum absolute atomic E-state index is 0.0323. The van der Waals surface area contributed by atoms with Gasteiger partial charge in [0.25, 0.3) is 12.3 Å². The number of amides is 1. The molecule has 0 spiro atoms. The van der Waals surface area contributed by atoms with Crippen molar-refractivity contribution in [3.63, 3.8) is 0 Å². The van der Waals surface area contributed by atoms with E-state index in [2.05, 4.69) is 4.98 Å². The van der Waals surface area contributed by atoms with Gasteiger partial charge in [-0.2, -0.15) is 0 Å². The van der Waals surface area contributed by atoms with E-state index in [0.29, 0.717) is 0 Å². The lowest BCUT2D eigenvalue weighted by Gasteiger charge is -2.20. The van der Waals surface area contributed by atoms with Crippen LogP contribution in [0.3, 0.4) is 0 Å². The van der Waals surface area contributed by atoms with E-state index in [9.17, 15) is 18.4 Å². The maximum absolute atomic E-state index is 12.3. The zero-order valence-electron chi connectivity index (χ0n) is 9.64. The van der Waals surface area contributed by atoms with E-state index in [4.69, 9.17) is 5.11 Å². The summed E-state index contributed by atoms with van der Waals surface area (Å²) in [6, 6.07) is 2.36. The van der Waals surface area contributed by atoms with E-state index < -0.39 is 24.8 Å². The maximum atomic E-state index is 12.3. The molecule has 0 radical (unpaired) electrons. The van der Waals surface area contributed by atoms with Gasteiger partial charge in [-0.1, -0.05) is 0 Å². The van der Waals surface area contributed by atoms with Crippen molar-refractivity contribution in [1.82, 2.24) is 9.88 Å². The van der Waals surface area contributed by atoms with Crippen molar-refractivity contribution in [1.29, 1.82) is 0 Å². The quantitative estimate of drug-likeness (QED) is 0.869. The van der Waals surface area contributed by atoms with Gasteiger partial charge in [-0.25, -0.2) is 18.6 Å². The Hall–Kier alpha value is -2.05. The van der Waals surface area contributed by atoms with Crippen LogP contribution in [0, 0.1) is 0 Å². The molecule has 0 aliphatic rings. The molecular weight excluding hydrogens is 246 g/mol. The number of carbonyl (C=O) groups is 2. The van der Waals surface area contributed by atoms with Gasteiger partial charge in [0, 0.05) is 18.3 Å². The van der Waals surface area contributed by atoms with Gasteiger partial charge in [0.05, 0.1) is 6.54 Å². The Morgan fingerprint density at radius 3 is 2.67 bits per heavy atom. The van der Waals surface area contributed by atoms with E-state index in [1.54, 1.807) is 6.92 Å². The summed E-state index contributed by atoms with van der Waals surface area (Å²) in [5.74, 6) is -1.91. The second-order valence-corrected chi connectivity index (χ2v) is 3.47. The highest BCUT2D eigenvalue weighted by Gasteiger charge is 2.19. The molecule has 0 bridgehead atoms. The van der Waals surface area contributed by atoms with Crippen molar-refractivity contribution >= 4 is 11.9 Å². The molecule has 0 aromatic carbocycles. The minimum Gasteiger partial charge on any atom is -0.477 e. The van der Waals surface area contributed by atoms with E-state index in [1.807, 2.05) is 0 Å².